The largest absolute Gasteiger partial charge is 0.428 e. The van der Waals surface area contributed by atoms with Gasteiger partial charge in [-0.2, -0.15) is 0 Å². The number of carbonyl (C=O) groups excluding carboxylic acids is 2. The number of hydrogen-bond acceptors (Lipinski definition) is 4. The Kier molecular flexibility index (Phi) is 7.30. The molecule has 0 heterocycles. The SMILES string of the molecule is CC(C)CC(=O)OCOC(=O)NCC1CCCCC1. The third kappa shape index (κ3) is 7.70. The van der Waals surface area contributed by atoms with Crippen molar-refractivity contribution in [2.75, 3.05) is 13.3 Å². The fourth-order valence-electron chi connectivity index (χ4n) is 2.21. The molecule has 0 aromatic heterocycles. The number of alkyl carbamates (subject to hydrolysis) is 1. The number of esters is 1. The molecule has 0 bridgehead atoms. The van der Waals surface area contributed by atoms with Crippen LogP contribution in [0.3, 0.4) is 0 Å². The summed E-state index contributed by atoms with van der Waals surface area (Å²) in [6, 6.07) is 0. The molecule has 5 nitrogen and oxygen atoms in total. The second-order valence-corrected chi connectivity index (χ2v) is 5.55. The minimum Gasteiger partial charge on any atom is -0.428 e. The van der Waals surface area contributed by atoms with Gasteiger partial charge < -0.3 is 14.8 Å². The van der Waals surface area contributed by atoms with Gasteiger partial charge in [0, 0.05) is 13.0 Å². The van der Waals surface area contributed by atoms with Gasteiger partial charge in [-0.15, -0.1) is 0 Å². The van der Waals surface area contributed by atoms with Gasteiger partial charge in [-0.1, -0.05) is 33.1 Å². The van der Waals surface area contributed by atoms with Crippen molar-refractivity contribution in [3.63, 3.8) is 0 Å². The van der Waals surface area contributed by atoms with E-state index >= 15 is 0 Å². The van der Waals surface area contributed by atoms with Gasteiger partial charge in [-0.25, -0.2) is 4.79 Å². The first-order chi connectivity index (χ1) is 9.08. The Morgan fingerprint density at radius 1 is 1.16 bits per heavy atom. The Morgan fingerprint density at radius 2 is 1.84 bits per heavy atom. The first-order valence-corrected chi connectivity index (χ1v) is 7.14. The maximum absolute atomic E-state index is 11.4. The monoisotopic (exact) mass is 271 g/mol. The van der Waals surface area contributed by atoms with Gasteiger partial charge >= 0.3 is 12.1 Å². The van der Waals surface area contributed by atoms with E-state index in [9.17, 15) is 9.59 Å². The summed E-state index contributed by atoms with van der Waals surface area (Å²) in [6.45, 7) is 4.21. The zero-order valence-electron chi connectivity index (χ0n) is 11.9. The van der Waals surface area contributed by atoms with Crippen LogP contribution in [0, 0.1) is 11.8 Å². The van der Waals surface area contributed by atoms with E-state index in [0.717, 1.165) is 0 Å². The number of ether oxygens (including phenoxy) is 2. The maximum Gasteiger partial charge on any atom is 0.410 e. The van der Waals surface area contributed by atoms with Crippen molar-refractivity contribution in [3.8, 4) is 0 Å². The Hall–Kier alpha value is -1.26. The van der Waals surface area contributed by atoms with Crippen LogP contribution >= 0.6 is 0 Å². The quantitative estimate of drug-likeness (QED) is 0.596. The van der Waals surface area contributed by atoms with Crippen molar-refractivity contribution >= 4 is 12.1 Å². The molecule has 1 rings (SSSR count). The fraction of sp³-hybridized carbons (Fsp3) is 0.857. The molecule has 0 atom stereocenters. The average Bonchev–Trinajstić information content (AvgIpc) is 2.36. The third-order valence-electron chi connectivity index (χ3n) is 3.24. The van der Waals surface area contributed by atoms with Crippen molar-refractivity contribution in [2.24, 2.45) is 11.8 Å². The highest BCUT2D eigenvalue weighted by Gasteiger charge is 2.14. The average molecular weight is 271 g/mol. The molecular weight excluding hydrogens is 246 g/mol. The highest BCUT2D eigenvalue weighted by atomic mass is 16.7. The molecule has 1 aliphatic rings. The lowest BCUT2D eigenvalue weighted by Gasteiger charge is -2.21. The van der Waals surface area contributed by atoms with Crippen LogP contribution in [0.25, 0.3) is 0 Å². The Balaban J connectivity index is 2.02. The highest BCUT2D eigenvalue weighted by Crippen LogP contribution is 2.22. The summed E-state index contributed by atoms with van der Waals surface area (Å²) >= 11 is 0. The predicted octanol–water partition coefficient (Wildman–Crippen LogP) is 2.84. The fourth-order valence-corrected chi connectivity index (χ4v) is 2.21. The zero-order valence-corrected chi connectivity index (χ0v) is 11.9. The molecule has 0 unspecified atom stereocenters. The molecule has 1 saturated carbocycles. The molecule has 110 valence electrons. The molecule has 0 aromatic rings. The normalized spacial score (nSPS) is 16.2. The molecule has 1 N–H and O–H groups in total. The van der Waals surface area contributed by atoms with E-state index in [1.165, 1.54) is 32.1 Å². The summed E-state index contributed by atoms with van der Waals surface area (Å²) in [5.74, 6) is 0.465. The van der Waals surface area contributed by atoms with Crippen LogP contribution in [0.5, 0.6) is 0 Å². The van der Waals surface area contributed by atoms with Crippen molar-refractivity contribution in [3.05, 3.63) is 0 Å². The maximum atomic E-state index is 11.4. The van der Waals surface area contributed by atoms with Crippen LogP contribution in [0.1, 0.15) is 52.4 Å². The van der Waals surface area contributed by atoms with Crippen LogP contribution in [0.15, 0.2) is 0 Å². The Bertz CT molecular complexity index is 285. The second kappa shape index (κ2) is 8.77. The minimum atomic E-state index is -0.511. The van der Waals surface area contributed by atoms with Crippen LogP contribution in [0.2, 0.25) is 0 Å². The molecule has 0 saturated heterocycles. The summed E-state index contributed by atoms with van der Waals surface area (Å²) in [5.41, 5.74) is 0. The van der Waals surface area contributed by atoms with Gasteiger partial charge in [0.2, 0.25) is 6.79 Å². The summed E-state index contributed by atoms with van der Waals surface area (Å²) in [6.07, 6.45) is 5.96. The van der Waals surface area contributed by atoms with Gasteiger partial charge in [-0.05, 0) is 24.7 Å². The lowest BCUT2D eigenvalue weighted by Crippen LogP contribution is -2.31. The molecule has 1 aliphatic carbocycles. The summed E-state index contributed by atoms with van der Waals surface area (Å²) in [7, 11) is 0. The molecule has 0 aliphatic heterocycles. The van der Waals surface area contributed by atoms with Crippen molar-refractivity contribution in [1.82, 2.24) is 5.32 Å². The number of hydrogen-bond donors (Lipinski definition) is 1. The van der Waals surface area contributed by atoms with E-state index in [1.807, 2.05) is 13.8 Å². The van der Waals surface area contributed by atoms with Gasteiger partial charge in [0.25, 0.3) is 0 Å². The van der Waals surface area contributed by atoms with Crippen molar-refractivity contribution in [1.29, 1.82) is 0 Å². The molecule has 1 amide bonds. The van der Waals surface area contributed by atoms with Gasteiger partial charge in [0.05, 0.1) is 0 Å². The van der Waals surface area contributed by atoms with E-state index in [2.05, 4.69) is 5.32 Å². The third-order valence-corrected chi connectivity index (χ3v) is 3.24. The first kappa shape index (κ1) is 15.8. The smallest absolute Gasteiger partial charge is 0.410 e. The van der Waals surface area contributed by atoms with Gasteiger partial charge in [0.15, 0.2) is 0 Å². The van der Waals surface area contributed by atoms with E-state index in [4.69, 9.17) is 9.47 Å². The topological polar surface area (TPSA) is 64.6 Å². The van der Waals surface area contributed by atoms with Crippen LogP contribution in [-0.2, 0) is 14.3 Å². The molecule has 0 aromatic carbocycles. The lowest BCUT2D eigenvalue weighted by atomic mass is 9.89. The first-order valence-electron chi connectivity index (χ1n) is 7.14. The molecular formula is C14H25NO4. The highest BCUT2D eigenvalue weighted by molar-refractivity contribution is 5.70. The number of nitrogens with one attached hydrogen (secondary N) is 1. The van der Waals surface area contributed by atoms with Crippen LogP contribution in [-0.4, -0.2) is 25.4 Å². The Labute approximate surface area is 115 Å². The molecule has 0 radical (unpaired) electrons. The number of carbonyl (C=O) groups is 2. The van der Waals surface area contributed by atoms with Crippen LogP contribution < -0.4 is 5.32 Å². The van der Waals surface area contributed by atoms with E-state index in [0.29, 0.717) is 18.9 Å². The van der Waals surface area contributed by atoms with E-state index < -0.39 is 6.09 Å². The Morgan fingerprint density at radius 3 is 2.47 bits per heavy atom. The minimum absolute atomic E-state index is 0.243. The van der Waals surface area contributed by atoms with Crippen LogP contribution in [0.4, 0.5) is 4.79 Å². The summed E-state index contributed by atoms with van der Waals surface area (Å²) in [5, 5.41) is 2.71. The van der Waals surface area contributed by atoms with E-state index in [1.54, 1.807) is 0 Å². The standard InChI is InChI=1S/C14H25NO4/c1-11(2)8-13(16)18-10-19-14(17)15-9-12-6-4-3-5-7-12/h11-12H,3-10H2,1-2H3,(H,15,17). The van der Waals surface area contributed by atoms with Gasteiger partial charge in [0.1, 0.15) is 0 Å². The molecule has 5 heteroatoms. The van der Waals surface area contributed by atoms with Gasteiger partial charge in [-0.3, -0.25) is 4.79 Å². The van der Waals surface area contributed by atoms with E-state index in [-0.39, 0.29) is 18.7 Å². The molecule has 1 fully saturated rings. The number of amides is 1. The lowest BCUT2D eigenvalue weighted by molar-refractivity contribution is -0.152. The second-order valence-electron chi connectivity index (χ2n) is 5.55. The van der Waals surface area contributed by atoms with Crippen molar-refractivity contribution in [2.45, 2.75) is 52.4 Å². The number of rotatable bonds is 6. The zero-order chi connectivity index (χ0) is 14.1. The van der Waals surface area contributed by atoms with Crippen molar-refractivity contribution < 1.29 is 19.1 Å². The summed E-state index contributed by atoms with van der Waals surface area (Å²) < 4.78 is 9.59. The summed E-state index contributed by atoms with van der Waals surface area (Å²) in [4.78, 5) is 22.6. The predicted molar refractivity (Wildman–Crippen MR) is 71.5 cm³/mol. The molecule has 19 heavy (non-hydrogen) atoms. The molecule has 0 spiro atoms.